The van der Waals surface area contributed by atoms with E-state index in [1.165, 1.54) is 44.5 Å². The summed E-state index contributed by atoms with van der Waals surface area (Å²) in [6.45, 7) is 1.51. The fourth-order valence-electron chi connectivity index (χ4n) is 3.22. The Balaban J connectivity index is 1.54. The Morgan fingerprint density at radius 3 is 2.66 bits per heavy atom. The molecule has 0 saturated carbocycles. The Morgan fingerprint density at radius 2 is 1.89 bits per heavy atom. The van der Waals surface area contributed by atoms with Crippen LogP contribution in [-0.2, 0) is 10.1 Å². The third kappa shape index (κ3) is 5.17. The lowest BCUT2D eigenvalue weighted by Crippen LogP contribution is -2.11. The van der Waals surface area contributed by atoms with Crippen LogP contribution in [0.15, 0.2) is 76.9 Å². The zero-order valence-electron chi connectivity index (χ0n) is 18.6. The van der Waals surface area contributed by atoms with Crippen molar-refractivity contribution >= 4 is 38.6 Å². The first-order chi connectivity index (χ1) is 16.8. The highest BCUT2D eigenvalue weighted by atomic mass is 32.2. The van der Waals surface area contributed by atoms with E-state index in [1.807, 2.05) is 24.3 Å². The molecule has 0 unspecified atom stereocenters. The highest BCUT2D eigenvalue weighted by Crippen LogP contribution is 2.31. The molecule has 1 heterocycles. The lowest BCUT2D eigenvalue weighted by Gasteiger charge is -2.11. The number of rotatable bonds is 8. The minimum absolute atomic E-state index is 0.0826. The molecule has 0 amide bonds. The molecule has 12 heteroatoms. The van der Waals surface area contributed by atoms with Crippen molar-refractivity contribution in [1.82, 2.24) is 10.2 Å². The van der Waals surface area contributed by atoms with E-state index >= 15 is 0 Å². The van der Waals surface area contributed by atoms with Crippen molar-refractivity contribution < 1.29 is 22.3 Å². The Morgan fingerprint density at radius 1 is 1.09 bits per heavy atom. The molecular formula is C23H19N5O6S. The molecule has 178 valence electrons. The number of benzene rings is 3. The quantitative estimate of drug-likeness (QED) is 0.166. The van der Waals surface area contributed by atoms with Crippen LogP contribution in [0.2, 0.25) is 0 Å². The van der Waals surface area contributed by atoms with Gasteiger partial charge in [0.25, 0.3) is 5.69 Å². The molecular weight excluding hydrogens is 474 g/mol. The number of ether oxygens (including phenoxy) is 1. The number of nitrogens with zero attached hydrogens (tertiary/aromatic N) is 4. The van der Waals surface area contributed by atoms with Crippen LogP contribution in [0.25, 0.3) is 10.8 Å². The summed E-state index contributed by atoms with van der Waals surface area (Å²) < 4.78 is 35.9. The predicted molar refractivity (Wildman–Crippen MR) is 129 cm³/mol. The third-order valence-electron chi connectivity index (χ3n) is 5.01. The summed E-state index contributed by atoms with van der Waals surface area (Å²) in [6, 6.07) is 15.6. The third-order valence-corrected chi connectivity index (χ3v) is 6.24. The highest BCUT2D eigenvalue weighted by molar-refractivity contribution is 7.87. The summed E-state index contributed by atoms with van der Waals surface area (Å²) in [5, 5.41) is 25.1. The van der Waals surface area contributed by atoms with Crippen LogP contribution in [0, 0.1) is 17.0 Å². The largest absolute Gasteiger partial charge is 0.493 e. The lowest BCUT2D eigenvalue weighted by molar-refractivity contribution is -0.385. The second-order valence-corrected chi connectivity index (χ2v) is 8.85. The lowest BCUT2D eigenvalue weighted by atomic mass is 10.2. The van der Waals surface area contributed by atoms with E-state index in [2.05, 4.69) is 20.7 Å². The maximum Gasteiger partial charge on any atom is 0.339 e. The Kier molecular flexibility index (Phi) is 6.55. The van der Waals surface area contributed by atoms with Gasteiger partial charge in [0.2, 0.25) is 0 Å². The van der Waals surface area contributed by atoms with Crippen LogP contribution >= 0.6 is 0 Å². The molecule has 35 heavy (non-hydrogen) atoms. The normalized spacial score (nSPS) is 11.5. The molecule has 1 aromatic heterocycles. The first-order valence-corrected chi connectivity index (χ1v) is 11.6. The molecule has 0 aliphatic heterocycles. The number of nitro benzene ring substituents is 1. The van der Waals surface area contributed by atoms with Crippen molar-refractivity contribution in [3.8, 4) is 11.5 Å². The summed E-state index contributed by atoms with van der Waals surface area (Å²) in [5.74, 6) is 0.523. The van der Waals surface area contributed by atoms with Gasteiger partial charge in [0, 0.05) is 22.4 Å². The molecule has 4 rings (SSSR count). The minimum atomic E-state index is -4.35. The zero-order chi connectivity index (χ0) is 25.0. The molecule has 0 atom stereocenters. The number of nitrogens with one attached hydrogen (secondary N) is 1. The number of aromatic nitrogens is 2. The number of nitro groups is 1. The van der Waals surface area contributed by atoms with Gasteiger partial charge in [-0.1, -0.05) is 30.3 Å². The number of aryl methyl sites for hydroxylation is 1. The fourth-order valence-corrected chi connectivity index (χ4v) is 4.18. The Hall–Kier alpha value is -4.58. The van der Waals surface area contributed by atoms with Crippen LogP contribution in [-0.4, -0.2) is 36.9 Å². The van der Waals surface area contributed by atoms with E-state index in [4.69, 9.17) is 8.92 Å². The number of hydrogen-bond donors (Lipinski definition) is 1. The molecule has 4 aromatic rings. The van der Waals surface area contributed by atoms with Crippen molar-refractivity contribution in [2.24, 2.45) is 5.10 Å². The molecule has 1 N–H and O–H groups in total. The first kappa shape index (κ1) is 23.6. The topological polar surface area (TPSA) is 146 Å². The molecule has 0 spiro atoms. The minimum Gasteiger partial charge on any atom is -0.493 e. The van der Waals surface area contributed by atoms with Gasteiger partial charge in [-0.25, -0.2) is 0 Å². The van der Waals surface area contributed by atoms with Crippen molar-refractivity contribution in [3.05, 3.63) is 88.1 Å². The van der Waals surface area contributed by atoms with Gasteiger partial charge >= 0.3 is 10.1 Å². The van der Waals surface area contributed by atoms with Crippen LogP contribution in [0.1, 0.15) is 11.1 Å². The van der Waals surface area contributed by atoms with Crippen molar-refractivity contribution in [2.75, 3.05) is 12.5 Å². The van der Waals surface area contributed by atoms with Gasteiger partial charge in [-0.3, -0.25) is 15.5 Å². The Labute approximate surface area is 200 Å². The van der Waals surface area contributed by atoms with Crippen molar-refractivity contribution in [1.29, 1.82) is 0 Å². The van der Waals surface area contributed by atoms with E-state index in [-0.39, 0.29) is 22.1 Å². The number of hydrazone groups is 1. The summed E-state index contributed by atoms with van der Waals surface area (Å²) in [7, 11) is -2.99. The SMILES string of the molecule is COc1cc(C=NNc2nncc3ccccc23)ccc1OS(=O)(=O)c1ccc(C)c([N+](=O)[O-])c1. The van der Waals surface area contributed by atoms with Crippen molar-refractivity contribution in [2.45, 2.75) is 11.8 Å². The maximum absolute atomic E-state index is 12.7. The van der Waals surface area contributed by atoms with Gasteiger partial charge in [0.1, 0.15) is 4.90 Å². The molecule has 0 fully saturated rings. The standard InChI is InChI=1S/C23H19N5O6S/c1-15-7-9-18(12-20(15)28(29)30)35(31,32)34-21-10-8-16(11-22(21)33-2)13-24-26-23-19-6-4-3-5-17(19)14-25-27-23/h3-14H,1-2H3,(H,26,27). The Bertz CT molecular complexity index is 1550. The van der Waals surface area contributed by atoms with Crippen LogP contribution in [0.5, 0.6) is 11.5 Å². The van der Waals surface area contributed by atoms with E-state index in [9.17, 15) is 18.5 Å². The van der Waals surface area contributed by atoms with E-state index in [0.717, 1.165) is 16.8 Å². The molecule has 0 aliphatic rings. The van der Waals surface area contributed by atoms with Gasteiger partial charge in [0.15, 0.2) is 17.3 Å². The van der Waals surface area contributed by atoms with Gasteiger partial charge in [0.05, 0.1) is 24.4 Å². The smallest absolute Gasteiger partial charge is 0.339 e. The molecule has 0 saturated heterocycles. The second kappa shape index (κ2) is 9.73. The predicted octanol–water partition coefficient (Wildman–Crippen LogP) is 4.07. The highest BCUT2D eigenvalue weighted by Gasteiger charge is 2.23. The van der Waals surface area contributed by atoms with Gasteiger partial charge in [-0.2, -0.15) is 18.6 Å². The maximum atomic E-state index is 12.7. The van der Waals surface area contributed by atoms with Crippen molar-refractivity contribution in [3.63, 3.8) is 0 Å². The van der Waals surface area contributed by atoms with E-state index < -0.39 is 15.0 Å². The number of hydrogen-bond acceptors (Lipinski definition) is 10. The fraction of sp³-hybridized carbons (Fsp3) is 0.0870. The van der Waals surface area contributed by atoms with Crippen LogP contribution in [0.3, 0.4) is 0 Å². The zero-order valence-corrected chi connectivity index (χ0v) is 19.4. The van der Waals surface area contributed by atoms with Gasteiger partial charge in [-0.05, 0) is 36.8 Å². The van der Waals surface area contributed by atoms with Gasteiger partial charge in [-0.15, -0.1) is 5.10 Å². The summed E-state index contributed by atoms with van der Waals surface area (Å²) in [4.78, 5) is 10.2. The summed E-state index contributed by atoms with van der Waals surface area (Å²) >= 11 is 0. The average Bonchev–Trinajstić information content (AvgIpc) is 2.84. The molecule has 11 nitrogen and oxygen atoms in total. The monoisotopic (exact) mass is 493 g/mol. The summed E-state index contributed by atoms with van der Waals surface area (Å²) in [6.07, 6.45) is 3.14. The number of fused-ring (bicyclic) bond motifs is 1. The number of anilines is 1. The first-order valence-electron chi connectivity index (χ1n) is 10.2. The number of methoxy groups -OCH3 is 1. The van der Waals surface area contributed by atoms with E-state index in [1.54, 1.807) is 12.3 Å². The van der Waals surface area contributed by atoms with Gasteiger partial charge < -0.3 is 8.92 Å². The average molecular weight is 494 g/mol. The second-order valence-electron chi connectivity index (χ2n) is 7.30. The molecule has 0 bridgehead atoms. The molecule has 0 aliphatic carbocycles. The van der Waals surface area contributed by atoms with Crippen LogP contribution < -0.4 is 14.3 Å². The molecule has 3 aromatic carbocycles. The van der Waals surface area contributed by atoms with E-state index in [0.29, 0.717) is 16.9 Å². The molecule has 0 radical (unpaired) electrons. The van der Waals surface area contributed by atoms with Crippen LogP contribution in [0.4, 0.5) is 11.5 Å². The summed E-state index contributed by atoms with van der Waals surface area (Å²) in [5.41, 5.74) is 3.43.